The number of carboxylic acids is 1. The number of benzene rings is 3. The van der Waals surface area contributed by atoms with Crippen LogP contribution >= 0.6 is 23.2 Å². The van der Waals surface area contributed by atoms with E-state index < -0.39 is 23.7 Å². The molecule has 1 atom stereocenters. The fourth-order valence-electron chi connectivity index (χ4n) is 4.58. The van der Waals surface area contributed by atoms with Crippen LogP contribution < -0.4 is 11.1 Å². The Morgan fingerprint density at radius 2 is 1.63 bits per heavy atom. The number of nitrogens with one attached hydrogen (secondary N) is 2. The highest BCUT2D eigenvalue weighted by Gasteiger charge is 2.38. The number of carboxylic acid groups (broad SMARTS) is 1. The van der Waals surface area contributed by atoms with Gasteiger partial charge < -0.3 is 25.7 Å². The molecule has 5 rings (SSSR count). The lowest BCUT2D eigenvalue weighted by Gasteiger charge is -2.25. The Kier molecular flexibility index (Phi) is 10.8. The molecule has 0 aliphatic carbocycles. The summed E-state index contributed by atoms with van der Waals surface area (Å²) in [5.41, 5.74) is 9.24. The van der Waals surface area contributed by atoms with E-state index in [0.29, 0.717) is 35.3 Å². The summed E-state index contributed by atoms with van der Waals surface area (Å²) in [4.78, 5) is 25.4. The molecule has 0 fully saturated rings. The molecule has 46 heavy (non-hydrogen) atoms. The molecule has 0 saturated carbocycles. The molecule has 2 heterocycles. The van der Waals surface area contributed by atoms with Crippen LogP contribution in [0.15, 0.2) is 79.0 Å². The molecular weight excluding hydrogens is 644 g/mol. The van der Waals surface area contributed by atoms with Gasteiger partial charge in [0.15, 0.2) is 5.82 Å². The Morgan fingerprint density at radius 3 is 2.26 bits per heavy atom. The Labute approximate surface area is 272 Å². The molecule has 9 nitrogen and oxygen atoms in total. The van der Waals surface area contributed by atoms with Crippen molar-refractivity contribution >= 4 is 46.0 Å². The molecule has 5 N–H and O–H groups in total. The van der Waals surface area contributed by atoms with E-state index in [1.807, 2.05) is 54.7 Å². The molecule has 0 bridgehead atoms. The lowest BCUT2D eigenvalue weighted by molar-refractivity contribution is -0.192. The van der Waals surface area contributed by atoms with Crippen molar-refractivity contribution < 1.29 is 27.9 Å². The minimum Gasteiger partial charge on any atom is -0.475 e. The second kappa shape index (κ2) is 14.4. The lowest BCUT2D eigenvalue weighted by Crippen LogP contribution is -2.50. The number of carbonyl (C=O) groups is 2. The molecule has 0 radical (unpaired) electrons. The second-order valence-corrected chi connectivity index (χ2v) is 11.9. The number of para-hydroxylation sites is 1. The van der Waals surface area contributed by atoms with Gasteiger partial charge in [0, 0.05) is 29.9 Å². The van der Waals surface area contributed by atoms with Crippen molar-refractivity contribution in [3.63, 3.8) is 0 Å². The molecule has 0 spiro atoms. The number of hydrogen-bond donors (Lipinski definition) is 4. The number of fused-ring (bicyclic) bond motifs is 1. The van der Waals surface area contributed by atoms with E-state index in [-0.39, 0.29) is 5.91 Å². The van der Waals surface area contributed by atoms with E-state index in [1.54, 1.807) is 19.9 Å². The summed E-state index contributed by atoms with van der Waals surface area (Å²) in [6.45, 7) is 3.83. The number of nitrogens with zero attached hydrogens (tertiary/aromatic N) is 3. The summed E-state index contributed by atoms with van der Waals surface area (Å²) >= 11 is 12.5. The number of rotatable bonds is 9. The number of carbonyl (C=O) groups excluding carboxylic acids is 1. The Balaban J connectivity index is 0.000000617. The van der Waals surface area contributed by atoms with Gasteiger partial charge in [0.1, 0.15) is 5.82 Å². The Morgan fingerprint density at radius 1 is 0.978 bits per heavy atom. The molecule has 5 aromatic rings. The van der Waals surface area contributed by atoms with Gasteiger partial charge in [0.25, 0.3) is 0 Å². The largest absolute Gasteiger partial charge is 0.490 e. The van der Waals surface area contributed by atoms with Gasteiger partial charge >= 0.3 is 12.1 Å². The normalized spacial score (nSPS) is 12.3. The molecule has 242 valence electrons. The third-order valence-electron chi connectivity index (χ3n) is 6.93. The highest BCUT2D eigenvalue weighted by Crippen LogP contribution is 2.28. The van der Waals surface area contributed by atoms with Crippen molar-refractivity contribution in [1.29, 1.82) is 0 Å². The van der Waals surface area contributed by atoms with Crippen LogP contribution in [0.25, 0.3) is 10.9 Å². The third-order valence-corrected chi connectivity index (χ3v) is 7.67. The van der Waals surface area contributed by atoms with Crippen molar-refractivity contribution in [2.45, 2.75) is 51.0 Å². The van der Waals surface area contributed by atoms with E-state index in [4.69, 9.17) is 38.8 Å². The van der Waals surface area contributed by atoms with E-state index in [2.05, 4.69) is 43.3 Å². The van der Waals surface area contributed by atoms with Crippen molar-refractivity contribution in [3.8, 4) is 0 Å². The first-order valence-electron chi connectivity index (χ1n) is 14.0. The fraction of sp³-hybridized carbons (Fsp3) is 0.250. The number of aromatic nitrogens is 4. The molecule has 14 heteroatoms. The SMILES string of the molecule is CC(C)(N)C(=O)N[C@H](Cc1c[nH]c2ccccc12)c1nnc(Cc2ccccc2)n1Cc1ccc(Cl)c(Cl)c1.O=C(O)C(F)(F)F. The quantitative estimate of drug-likeness (QED) is 0.141. The summed E-state index contributed by atoms with van der Waals surface area (Å²) in [6.07, 6.45) is -2.04. The standard InChI is InChI=1S/C30H30Cl2N6O.C2HF3O2/c1-30(2,33)29(39)35-26(16-21-17-34-25-11-7-6-10-22(21)25)28-37-36-27(15-19-8-4-3-5-9-19)38(28)18-20-12-13-23(31)24(32)14-20;3-2(4,5)1(6)7/h3-14,17,26,34H,15-16,18,33H2,1-2H3,(H,35,39);(H,6,7)/t26-;/m1./s1. The lowest BCUT2D eigenvalue weighted by atomic mass is 10.0. The summed E-state index contributed by atoms with van der Waals surface area (Å²) < 4.78 is 33.8. The molecule has 0 saturated heterocycles. The average molecular weight is 676 g/mol. The summed E-state index contributed by atoms with van der Waals surface area (Å²) in [5, 5.41) is 21.6. The number of nitrogens with two attached hydrogens (primary N) is 1. The van der Waals surface area contributed by atoms with Crippen molar-refractivity contribution in [2.75, 3.05) is 0 Å². The van der Waals surface area contributed by atoms with Crippen molar-refractivity contribution in [1.82, 2.24) is 25.1 Å². The molecule has 2 aromatic heterocycles. The van der Waals surface area contributed by atoms with Crippen LogP contribution in [0.1, 0.15) is 48.2 Å². The summed E-state index contributed by atoms with van der Waals surface area (Å²) in [6, 6.07) is 23.2. The number of hydrogen-bond acceptors (Lipinski definition) is 5. The zero-order chi connectivity index (χ0) is 33.6. The molecule has 0 unspecified atom stereocenters. The number of amides is 1. The van der Waals surface area contributed by atoms with E-state index in [1.165, 1.54) is 0 Å². The van der Waals surface area contributed by atoms with Gasteiger partial charge in [-0.15, -0.1) is 10.2 Å². The van der Waals surface area contributed by atoms with Gasteiger partial charge in [-0.05, 0) is 48.7 Å². The minimum absolute atomic E-state index is 0.277. The summed E-state index contributed by atoms with van der Waals surface area (Å²) in [7, 11) is 0. The smallest absolute Gasteiger partial charge is 0.475 e. The summed E-state index contributed by atoms with van der Waals surface area (Å²) in [5.74, 6) is -1.63. The Bertz CT molecular complexity index is 1820. The van der Waals surface area contributed by atoms with Gasteiger partial charge in [-0.2, -0.15) is 13.2 Å². The third kappa shape index (κ3) is 8.87. The fourth-order valence-corrected chi connectivity index (χ4v) is 4.90. The van der Waals surface area contributed by atoms with Gasteiger partial charge in [-0.3, -0.25) is 4.79 Å². The monoisotopic (exact) mass is 674 g/mol. The number of alkyl halides is 3. The maximum Gasteiger partial charge on any atom is 0.490 e. The molecule has 3 aromatic carbocycles. The van der Waals surface area contributed by atoms with Crippen LogP contribution in [-0.4, -0.2) is 48.4 Å². The first-order valence-corrected chi connectivity index (χ1v) is 14.7. The van der Waals surface area contributed by atoms with Gasteiger partial charge in [-0.1, -0.05) is 77.8 Å². The highest BCUT2D eigenvalue weighted by atomic mass is 35.5. The number of halogens is 5. The van der Waals surface area contributed by atoms with E-state index in [9.17, 15) is 18.0 Å². The molecule has 1 amide bonds. The molecule has 0 aliphatic heterocycles. The van der Waals surface area contributed by atoms with Gasteiger partial charge in [-0.25, -0.2) is 4.79 Å². The van der Waals surface area contributed by atoms with Crippen LogP contribution in [0.3, 0.4) is 0 Å². The van der Waals surface area contributed by atoms with Crippen LogP contribution in [-0.2, 0) is 29.0 Å². The first kappa shape index (κ1) is 34.5. The topological polar surface area (TPSA) is 139 Å². The Hall–Kier alpha value is -4.39. The maximum atomic E-state index is 13.2. The highest BCUT2D eigenvalue weighted by molar-refractivity contribution is 6.42. The van der Waals surface area contributed by atoms with Gasteiger partial charge in [0.2, 0.25) is 5.91 Å². The predicted octanol–water partition coefficient (Wildman–Crippen LogP) is 6.48. The number of H-pyrrole nitrogens is 1. The first-order chi connectivity index (χ1) is 21.6. The zero-order valence-corrected chi connectivity index (χ0v) is 26.3. The van der Waals surface area contributed by atoms with Gasteiger partial charge in [0.05, 0.1) is 28.2 Å². The molecular formula is C32H31Cl2F3N6O3. The zero-order valence-electron chi connectivity index (χ0n) is 24.8. The van der Waals surface area contributed by atoms with Crippen LogP contribution in [0, 0.1) is 0 Å². The van der Waals surface area contributed by atoms with E-state index >= 15 is 0 Å². The van der Waals surface area contributed by atoms with Crippen LogP contribution in [0.4, 0.5) is 13.2 Å². The maximum absolute atomic E-state index is 13.2. The number of aromatic amines is 1. The minimum atomic E-state index is -5.08. The average Bonchev–Trinajstić information content (AvgIpc) is 3.58. The van der Waals surface area contributed by atoms with Crippen LogP contribution in [0.2, 0.25) is 10.0 Å². The van der Waals surface area contributed by atoms with Crippen molar-refractivity contribution in [3.05, 3.63) is 117 Å². The van der Waals surface area contributed by atoms with Crippen LogP contribution in [0.5, 0.6) is 0 Å². The molecule has 0 aliphatic rings. The van der Waals surface area contributed by atoms with Crippen molar-refractivity contribution in [2.24, 2.45) is 5.73 Å². The second-order valence-electron chi connectivity index (χ2n) is 11.1. The van der Waals surface area contributed by atoms with E-state index in [0.717, 1.165) is 33.4 Å². The predicted molar refractivity (Wildman–Crippen MR) is 170 cm³/mol. The number of aliphatic carboxylic acids is 1.